The van der Waals surface area contributed by atoms with Crippen molar-refractivity contribution in [2.75, 3.05) is 38.7 Å². The number of hydrogen-bond acceptors (Lipinski definition) is 5. The number of nitrogens with one attached hydrogen (secondary N) is 1. The predicted molar refractivity (Wildman–Crippen MR) is 116 cm³/mol. The normalized spacial score (nSPS) is 20.9. The first-order valence-corrected chi connectivity index (χ1v) is 10.2. The van der Waals surface area contributed by atoms with Crippen molar-refractivity contribution in [3.05, 3.63) is 59.7 Å². The minimum Gasteiger partial charge on any atom is -0.497 e. The predicted octanol–water partition coefficient (Wildman–Crippen LogP) is 1.94. The van der Waals surface area contributed by atoms with Crippen LogP contribution in [0.1, 0.15) is 18.1 Å². The molecule has 4 amide bonds. The van der Waals surface area contributed by atoms with Gasteiger partial charge in [0.15, 0.2) is 0 Å². The molecular formula is C23H26N4O4. The largest absolute Gasteiger partial charge is 0.497 e. The second-order valence-electron chi connectivity index (χ2n) is 8.04. The van der Waals surface area contributed by atoms with Crippen molar-refractivity contribution in [3.63, 3.8) is 0 Å². The summed E-state index contributed by atoms with van der Waals surface area (Å²) in [6, 6.07) is 14.3. The number of rotatable bonds is 4. The Balaban J connectivity index is 1.51. The topological polar surface area (TPSA) is 82.2 Å². The summed E-state index contributed by atoms with van der Waals surface area (Å²) < 4.78 is 5.16. The van der Waals surface area contributed by atoms with Crippen LogP contribution in [0.2, 0.25) is 0 Å². The Morgan fingerprint density at radius 2 is 1.81 bits per heavy atom. The molecule has 8 nitrogen and oxygen atoms in total. The molecule has 0 saturated carbocycles. The molecule has 2 aliphatic rings. The first kappa shape index (κ1) is 20.7. The van der Waals surface area contributed by atoms with E-state index in [1.807, 2.05) is 31.3 Å². The van der Waals surface area contributed by atoms with Crippen molar-refractivity contribution in [3.8, 4) is 5.75 Å². The van der Waals surface area contributed by atoms with Gasteiger partial charge in [-0.3, -0.25) is 14.5 Å². The van der Waals surface area contributed by atoms with Crippen molar-refractivity contribution in [2.45, 2.75) is 19.0 Å². The van der Waals surface area contributed by atoms with Crippen LogP contribution in [0.3, 0.4) is 0 Å². The lowest BCUT2D eigenvalue weighted by Gasteiger charge is -2.24. The molecule has 1 atom stereocenters. The average Bonchev–Trinajstić information content (AvgIpc) is 2.91. The zero-order chi connectivity index (χ0) is 22.2. The van der Waals surface area contributed by atoms with E-state index >= 15 is 0 Å². The van der Waals surface area contributed by atoms with Crippen LogP contribution >= 0.6 is 0 Å². The fourth-order valence-corrected chi connectivity index (χ4v) is 4.10. The Kier molecular flexibility index (Phi) is 5.31. The smallest absolute Gasteiger partial charge is 0.325 e. The van der Waals surface area contributed by atoms with Crippen LogP contribution in [0.5, 0.6) is 5.75 Å². The summed E-state index contributed by atoms with van der Waals surface area (Å²) in [6.07, 6.45) is 0. The molecule has 0 aromatic heterocycles. The Morgan fingerprint density at radius 1 is 1.10 bits per heavy atom. The highest BCUT2D eigenvalue weighted by atomic mass is 16.5. The van der Waals surface area contributed by atoms with Gasteiger partial charge in [0.2, 0.25) is 5.91 Å². The number of fused-ring (bicyclic) bond motifs is 1. The van der Waals surface area contributed by atoms with Crippen LogP contribution in [0.25, 0.3) is 0 Å². The molecule has 0 spiro atoms. The van der Waals surface area contributed by atoms with E-state index in [0.29, 0.717) is 30.9 Å². The van der Waals surface area contributed by atoms with E-state index in [4.69, 9.17) is 4.74 Å². The number of hydrogen-bond donors (Lipinski definition) is 1. The molecule has 2 aliphatic heterocycles. The fraction of sp³-hybridized carbons (Fsp3) is 0.348. The van der Waals surface area contributed by atoms with Gasteiger partial charge in [0, 0.05) is 32.4 Å². The molecule has 0 bridgehead atoms. The minimum atomic E-state index is -1.23. The van der Waals surface area contributed by atoms with E-state index in [-0.39, 0.29) is 12.5 Å². The summed E-state index contributed by atoms with van der Waals surface area (Å²) in [5.74, 6) is -0.0430. The van der Waals surface area contributed by atoms with Gasteiger partial charge in [0.1, 0.15) is 17.8 Å². The number of nitrogens with zero attached hydrogens (tertiary/aromatic N) is 3. The van der Waals surface area contributed by atoms with Gasteiger partial charge in [-0.1, -0.05) is 30.3 Å². The first-order valence-electron chi connectivity index (χ1n) is 10.2. The molecule has 2 aromatic carbocycles. The van der Waals surface area contributed by atoms with Gasteiger partial charge >= 0.3 is 6.03 Å². The zero-order valence-electron chi connectivity index (χ0n) is 17.9. The van der Waals surface area contributed by atoms with Crippen molar-refractivity contribution in [1.29, 1.82) is 0 Å². The number of ether oxygens (including phenoxy) is 1. The fourth-order valence-electron chi connectivity index (χ4n) is 4.10. The third-order valence-electron chi connectivity index (χ3n) is 6.06. The highest BCUT2D eigenvalue weighted by Gasteiger charge is 2.49. The molecule has 1 fully saturated rings. The highest BCUT2D eigenvalue weighted by molar-refractivity contribution is 6.09. The molecule has 1 unspecified atom stereocenters. The van der Waals surface area contributed by atoms with E-state index in [0.717, 1.165) is 16.2 Å². The summed E-state index contributed by atoms with van der Waals surface area (Å²) in [7, 11) is 3.55. The maximum atomic E-state index is 13.2. The second-order valence-corrected chi connectivity index (χ2v) is 8.04. The molecule has 2 heterocycles. The Hall–Kier alpha value is -3.55. The van der Waals surface area contributed by atoms with E-state index < -0.39 is 17.5 Å². The van der Waals surface area contributed by atoms with Gasteiger partial charge < -0.3 is 19.9 Å². The summed E-state index contributed by atoms with van der Waals surface area (Å²) in [5.41, 5.74) is 1.53. The Labute approximate surface area is 181 Å². The number of anilines is 1. The van der Waals surface area contributed by atoms with Crippen LogP contribution in [-0.4, -0.2) is 61.4 Å². The molecule has 4 rings (SSSR count). The number of likely N-dealkylation sites (N-methyl/N-ethyl adjacent to an activating group) is 1. The van der Waals surface area contributed by atoms with Crippen LogP contribution in [0.4, 0.5) is 10.5 Å². The molecule has 1 N–H and O–H groups in total. The summed E-state index contributed by atoms with van der Waals surface area (Å²) in [6.45, 7) is 2.99. The van der Waals surface area contributed by atoms with E-state index in [9.17, 15) is 14.4 Å². The van der Waals surface area contributed by atoms with E-state index in [1.165, 1.54) is 0 Å². The number of carbonyl (C=O) groups excluding carboxylic acids is 3. The summed E-state index contributed by atoms with van der Waals surface area (Å²) in [5, 5.41) is 2.74. The van der Waals surface area contributed by atoms with Crippen molar-refractivity contribution in [2.24, 2.45) is 0 Å². The summed E-state index contributed by atoms with van der Waals surface area (Å²) >= 11 is 0. The van der Waals surface area contributed by atoms with Crippen molar-refractivity contribution < 1.29 is 19.1 Å². The lowest BCUT2D eigenvalue weighted by atomic mass is 9.92. The number of amides is 4. The van der Waals surface area contributed by atoms with Gasteiger partial charge in [0.25, 0.3) is 5.91 Å². The lowest BCUT2D eigenvalue weighted by molar-refractivity contribution is -0.139. The maximum Gasteiger partial charge on any atom is 0.325 e. The number of imide groups is 1. The van der Waals surface area contributed by atoms with Crippen LogP contribution in [0, 0.1) is 0 Å². The van der Waals surface area contributed by atoms with Crippen LogP contribution < -0.4 is 15.0 Å². The quantitative estimate of drug-likeness (QED) is 0.762. The average molecular weight is 422 g/mol. The number of para-hydroxylation sites is 1. The molecule has 1 saturated heterocycles. The van der Waals surface area contributed by atoms with Crippen LogP contribution in [0.15, 0.2) is 48.5 Å². The van der Waals surface area contributed by atoms with Gasteiger partial charge in [-0.2, -0.15) is 0 Å². The SMILES string of the molecule is COc1ccc(C2(C)NC(=O)N(CC(=O)N3CCN(C)c4ccccc4C3)C2=O)cc1. The molecule has 0 radical (unpaired) electrons. The number of urea groups is 1. The monoisotopic (exact) mass is 422 g/mol. The number of benzene rings is 2. The van der Waals surface area contributed by atoms with Gasteiger partial charge in [-0.15, -0.1) is 0 Å². The molecule has 2 aromatic rings. The third kappa shape index (κ3) is 3.69. The van der Waals surface area contributed by atoms with Crippen LogP contribution in [-0.2, 0) is 21.7 Å². The Bertz CT molecular complexity index is 1020. The number of methoxy groups -OCH3 is 1. The minimum absolute atomic E-state index is 0.257. The molecular weight excluding hydrogens is 396 g/mol. The number of carbonyl (C=O) groups is 3. The first-order chi connectivity index (χ1) is 14.8. The Morgan fingerprint density at radius 3 is 2.52 bits per heavy atom. The van der Waals surface area contributed by atoms with E-state index in [2.05, 4.69) is 10.2 Å². The summed E-state index contributed by atoms with van der Waals surface area (Å²) in [4.78, 5) is 43.7. The lowest BCUT2D eigenvalue weighted by Crippen LogP contribution is -2.45. The maximum absolute atomic E-state index is 13.2. The highest BCUT2D eigenvalue weighted by Crippen LogP contribution is 2.30. The molecule has 162 valence electrons. The molecule has 8 heteroatoms. The third-order valence-corrected chi connectivity index (χ3v) is 6.06. The van der Waals surface area contributed by atoms with Crippen molar-refractivity contribution >= 4 is 23.5 Å². The standard InChI is InChI=1S/C23H26N4O4/c1-23(17-8-10-18(31-3)11-9-17)21(29)27(22(30)24-23)15-20(28)26-13-12-25(2)19-7-5-4-6-16(19)14-26/h4-11H,12-15H2,1-3H3,(H,24,30). The van der Waals surface area contributed by atoms with Gasteiger partial charge in [0.05, 0.1) is 7.11 Å². The molecule has 0 aliphatic carbocycles. The second kappa shape index (κ2) is 7.94. The van der Waals surface area contributed by atoms with Crippen molar-refractivity contribution in [1.82, 2.24) is 15.1 Å². The molecule has 31 heavy (non-hydrogen) atoms. The van der Waals surface area contributed by atoms with Gasteiger partial charge in [-0.05, 0) is 36.2 Å². The zero-order valence-corrected chi connectivity index (χ0v) is 17.9. The van der Waals surface area contributed by atoms with Gasteiger partial charge in [-0.25, -0.2) is 4.79 Å². The van der Waals surface area contributed by atoms with E-state index in [1.54, 1.807) is 43.2 Å².